The van der Waals surface area contributed by atoms with Gasteiger partial charge in [0.05, 0.1) is 11.4 Å². The van der Waals surface area contributed by atoms with E-state index >= 15 is 0 Å². The standard InChI is InChI=1S/C52H44N2/c1-35(2)37-20-26-43(27-21-37)53(41-16-10-6-11-17-41)49-33-25-40-24-30-47-50(54(42-18-12-7-13-19-42)44-28-22-38(23-29-44)36(3)4)34-48(39-14-8-5-9-15-39)45-31-32-46(49)51(40)52(45)47/h5-36H,1-4H3. The molecule has 0 atom stereocenters. The van der Waals surface area contributed by atoms with Crippen LogP contribution in [0.5, 0.6) is 0 Å². The summed E-state index contributed by atoms with van der Waals surface area (Å²) in [6.45, 7) is 9.01. The molecule has 0 spiro atoms. The van der Waals surface area contributed by atoms with Crippen LogP contribution in [0, 0.1) is 0 Å². The zero-order valence-corrected chi connectivity index (χ0v) is 31.4. The van der Waals surface area contributed by atoms with E-state index in [1.54, 1.807) is 0 Å². The van der Waals surface area contributed by atoms with E-state index in [0.717, 1.165) is 34.1 Å². The van der Waals surface area contributed by atoms with Crippen LogP contribution in [0.3, 0.4) is 0 Å². The maximum atomic E-state index is 2.44. The minimum atomic E-state index is 0.459. The molecule has 0 unspecified atom stereocenters. The molecular formula is C52H44N2. The van der Waals surface area contributed by atoms with Gasteiger partial charge in [0.15, 0.2) is 0 Å². The second-order valence-electron chi connectivity index (χ2n) is 15.0. The van der Waals surface area contributed by atoms with Gasteiger partial charge in [0.25, 0.3) is 0 Å². The van der Waals surface area contributed by atoms with E-state index in [4.69, 9.17) is 0 Å². The van der Waals surface area contributed by atoms with Gasteiger partial charge in [-0.05, 0) is 111 Å². The Labute approximate surface area is 318 Å². The maximum Gasteiger partial charge on any atom is 0.0546 e. The summed E-state index contributed by atoms with van der Waals surface area (Å²) in [6.07, 6.45) is 0. The smallest absolute Gasteiger partial charge is 0.0546 e. The van der Waals surface area contributed by atoms with Gasteiger partial charge >= 0.3 is 0 Å². The number of para-hydroxylation sites is 2. The van der Waals surface area contributed by atoms with Gasteiger partial charge in [-0.25, -0.2) is 0 Å². The quantitative estimate of drug-likeness (QED) is 0.139. The first-order valence-corrected chi connectivity index (χ1v) is 19.2. The Morgan fingerprint density at radius 2 is 0.778 bits per heavy atom. The lowest BCUT2D eigenvalue weighted by Gasteiger charge is -2.30. The first-order valence-electron chi connectivity index (χ1n) is 19.2. The van der Waals surface area contributed by atoms with Crippen LogP contribution < -0.4 is 9.80 Å². The topological polar surface area (TPSA) is 6.48 Å². The number of rotatable bonds is 9. The van der Waals surface area contributed by atoms with Crippen molar-refractivity contribution in [3.8, 4) is 11.1 Å². The molecule has 9 rings (SSSR count). The highest BCUT2D eigenvalue weighted by Gasteiger charge is 2.24. The molecule has 0 aliphatic heterocycles. The predicted octanol–water partition coefficient (Wildman–Crippen LogP) is 15.4. The van der Waals surface area contributed by atoms with Gasteiger partial charge in [0.2, 0.25) is 0 Å². The first kappa shape index (κ1) is 33.5. The second-order valence-corrected chi connectivity index (χ2v) is 15.0. The summed E-state index contributed by atoms with van der Waals surface area (Å²) in [5, 5.41) is 7.51. The van der Waals surface area contributed by atoms with Crippen molar-refractivity contribution in [1.29, 1.82) is 0 Å². The van der Waals surface area contributed by atoms with Crippen molar-refractivity contribution in [2.24, 2.45) is 0 Å². The average molecular weight is 697 g/mol. The highest BCUT2D eigenvalue weighted by molar-refractivity contribution is 6.30. The summed E-state index contributed by atoms with van der Waals surface area (Å²) in [7, 11) is 0. The Kier molecular flexibility index (Phi) is 8.60. The Hall–Kier alpha value is -6.38. The molecule has 9 aromatic rings. The van der Waals surface area contributed by atoms with Gasteiger partial charge < -0.3 is 9.80 Å². The molecule has 0 aliphatic rings. The zero-order chi connectivity index (χ0) is 36.8. The monoisotopic (exact) mass is 696 g/mol. The molecule has 0 heterocycles. The highest BCUT2D eigenvalue weighted by atomic mass is 15.1. The minimum absolute atomic E-state index is 0.459. The fourth-order valence-electron chi connectivity index (χ4n) is 8.12. The number of benzene rings is 9. The average Bonchev–Trinajstić information content (AvgIpc) is 3.22. The molecular weight excluding hydrogens is 653 g/mol. The Bertz CT molecular complexity index is 2680. The molecule has 0 aromatic heterocycles. The van der Waals surface area contributed by atoms with Crippen LogP contribution in [0.1, 0.15) is 50.7 Å². The summed E-state index contributed by atoms with van der Waals surface area (Å²) in [5.74, 6) is 0.927. The summed E-state index contributed by atoms with van der Waals surface area (Å²) in [6, 6.07) is 67.0. The van der Waals surface area contributed by atoms with Gasteiger partial charge in [-0.15, -0.1) is 0 Å². The summed E-state index contributed by atoms with van der Waals surface area (Å²) < 4.78 is 0. The SMILES string of the molecule is CC(C)c1ccc(N(c2ccccc2)c2ccc3ccc4c(N(c5ccccc5)c5ccc(C(C)C)cc5)cc(-c5ccccc5)c5ccc2c3c54)cc1. The third-order valence-electron chi connectivity index (χ3n) is 11.0. The van der Waals surface area contributed by atoms with E-state index < -0.39 is 0 Å². The third-order valence-corrected chi connectivity index (χ3v) is 11.0. The van der Waals surface area contributed by atoms with E-state index in [2.05, 4.69) is 219 Å². The van der Waals surface area contributed by atoms with E-state index in [0.29, 0.717) is 11.8 Å². The number of nitrogens with zero attached hydrogens (tertiary/aromatic N) is 2. The van der Waals surface area contributed by atoms with Crippen molar-refractivity contribution in [1.82, 2.24) is 0 Å². The lowest BCUT2D eigenvalue weighted by molar-refractivity contribution is 0.866. The molecule has 2 heteroatoms. The molecule has 0 fully saturated rings. The Balaban J connectivity index is 1.36. The predicted molar refractivity (Wildman–Crippen MR) is 233 cm³/mol. The molecule has 9 aromatic carbocycles. The van der Waals surface area contributed by atoms with Gasteiger partial charge in [-0.1, -0.05) is 149 Å². The van der Waals surface area contributed by atoms with Gasteiger partial charge in [-0.2, -0.15) is 0 Å². The van der Waals surface area contributed by atoms with Crippen LogP contribution in [0.4, 0.5) is 34.1 Å². The molecule has 0 amide bonds. The van der Waals surface area contributed by atoms with Gasteiger partial charge in [0.1, 0.15) is 0 Å². The van der Waals surface area contributed by atoms with Crippen LogP contribution in [-0.4, -0.2) is 0 Å². The van der Waals surface area contributed by atoms with Gasteiger partial charge in [0, 0.05) is 38.9 Å². The molecule has 54 heavy (non-hydrogen) atoms. The summed E-state index contributed by atoms with van der Waals surface area (Å²) in [4.78, 5) is 4.86. The first-order chi connectivity index (χ1) is 26.5. The largest absolute Gasteiger partial charge is 0.310 e. The number of anilines is 6. The molecule has 262 valence electrons. The van der Waals surface area contributed by atoms with E-state index in [1.807, 2.05) is 0 Å². The molecule has 0 radical (unpaired) electrons. The minimum Gasteiger partial charge on any atom is -0.310 e. The molecule has 0 N–H and O–H groups in total. The van der Waals surface area contributed by atoms with E-state index in [-0.39, 0.29) is 0 Å². The lowest BCUT2D eigenvalue weighted by atomic mass is 9.87. The van der Waals surface area contributed by atoms with Crippen molar-refractivity contribution in [3.63, 3.8) is 0 Å². The van der Waals surface area contributed by atoms with Crippen LogP contribution >= 0.6 is 0 Å². The Morgan fingerprint density at radius 1 is 0.352 bits per heavy atom. The number of hydrogen-bond donors (Lipinski definition) is 0. The molecule has 2 nitrogen and oxygen atoms in total. The molecule has 0 aliphatic carbocycles. The second kappa shape index (κ2) is 13.9. The van der Waals surface area contributed by atoms with Crippen LogP contribution in [0.2, 0.25) is 0 Å². The maximum absolute atomic E-state index is 2.44. The highest BCUT2D eigenvalue weighted by Crippen LogP contribution is 2.50. The summed E-state index contributed by atoms with van der Waals surface area (Å²) >= 11 is 0. The molecule has 0 saturated carbocycles. The van der Waals surface area contributed by atoms with Gasteiger partial charge in [-0.3, -0.25) is 0 Å². The lowest BCUT2D eigenvalue weighted by Crippen LogP contribution is -2.12. The van der Waals surface area contributed by atoms with Crippen LogP contribution in [-0.2, 0) is 0 Å². The van der Waals surface area contributed by atoms with Crippen molar-refractivity contribution in [2.75, 3.05) is 9.80 Å². The normalized spacial score (nSPS) is 11.7. The van der Waals surface area contributed by atoms with E-state index in [9.17, 15) is 0 Å². The summed E-state index contributed by atoms with van der Waals surface area (Å²) in [5.41, 5.74) is 12.0. The van der Waals surface area contributed by atoms with Crippen molar-refractivity contribution < 1.29 is 0 Å². The molecule has 0 bridgehead atoms. The zero-order valence-electron chi connectivity index (χ0n) is 31.4. The van der Waals surface area contributed by atoms with Crippen molar-refractivity contribution >= 4 is 66.4 Å². The van der Waals surface area contributed by atoms with E-state index in [1.165, 1.54) is 54.6 Å². The fourth-order valence-corrected chi connectivity index (χ4v) is 8.12. The third kappa shape index (κ3) is 5.85. The van der Waals surface area contributed by atoms with Crippen LogP contribution in [0.15, 0.2) is 182 Å². The number of hydrogen-bond acceptors (Lipinski definition) is 2. The Morgan fingerprint density at radius 3 is 1.31 bits per heavy atom. The van der Waals surface area contributed by atoms with Crippen molar-refractivity contribution in [2.45, 2.75) is 39.5 Å². The fraction of sp³-hybridized carbons (Fsp3) is 0.115. The van der Waals surface area contributed by atoms with Crippen molar-refractivity contribution in [3.05, 3.63) is 193 Å². The molecule has 0 saturated heterocycles. The van der Waals surface area contributed by atoms with Crippen LogP contribution in [0.25, 0.3) is 43.4 Å².